The number of piperidine rings is 1. The molecule has 1 aliphatic rings. The summed E-state index contributed by atoms with van der Waals surface area (Å²) >= 11 is 2.23. The monoisotopic (exact) mass is 446 g/mol. The number of benzene rings is 1. The zero-order valence-corrected chi connectivity index (χ0v) is 15.5. The van der Waals surface area contributed by atoms with Gasteiger partial charge in [-0.05, 0) is 34.7 Å². The standard InChI is InChI=1S/C18H15IN4O2/c19-16-9-21-17-10-20-15(11-23(16)17)12-1-3-13(4-2-12)18(25)22-7-5-14(24)6-8-22/h1-4,9-11H,5-8H2. The van der Waals surface area contributed by atoms with Gasteiger partial charge in [-0.15, -0.1) is 0 Å². The highest BCUT2D eigenvalue weighted by molar-refractivity contribution is 14.1. The van der Waals surface area contributed by atoms with Crippen molar-refractivity contribution in [3.8, 4) is 11.3 Å². The molecule has 1 saturated heterocycles. The maximum absolute atomic E-state index is 12.5. The Hall–Kier alpha value is -2.29. The van der Waals surface area contributed by atoms with Gasteiger partial charge in [-0.3, -0.25) is 19.0 Å². The largest absolute Gasteiger partial charge is 0.338 e. The van der Waals surface area contributed by atoms with Crippen molar-refractivity contribution >= 4 is 39.9 Å². The van der Waals surface area contributed by atoms with E-state index in [2.05, 4.69) is 32.6 Å². The summed E-state index contributed by atoms with van der Waals surface area (Å²) in [5.74, 6) is 0.210. The lowest BCUT2D eigenvalue weighted by molar-refractivity contribution is -0.120. The number of fused-ring (bicyclic) bond motifs is 1. The molecule has 3 aromatic rings. The van der Waals surface area contributed by atoms with Crippen molar-refractivity contribution in [2.45, 2.75) is 12.8 Å². The number of aromatic nitrogens is 3. The molecule has 25 heavy (non-hydrogen) atoms. The molecule has 7 heteroatoms. The van der Waals surface area contributed by atoms with Crippen molar-refractivity contribution in [3.63, 3.8) is 0 Å². The SMILES string of the molecule is O=C1CCN(C(=O)c2ccc(-c3cn4c(I)cnc4cn3)cc2)CC1. The number of hydrogen-bond donors (Lipinski definition) is 0. The summed E-state index contributed by atoms with van der Waals surface area (Å²) in [6.45, 7) is 1.02. The van der Waals surface area contributed by atoms with Gasteiger partial charge >= 0.3 is 0 Å². The average molecular weight is 446 g/mol. The van der Waals surface area contributed by atoms with Crippen LogP contribution < -0.4 is 0 Å². The Morgan fingerprint density at radius 2 is 1.76 bits per heavy atom. The highest BCUT2D eigenvalue weighted by atomic mass is 127. The molecular weight excluding hydrogens is 431 g/mol. The molecule has 0 atom stereocenters. The maximum Gasteiger partial charge on any atom is 0.253 e. The molecule has 1 aromatic carbocycles. The molecule has 1 fully saturated rings. The summed E-state index contributed by atoms with van der Waals surface area (Å²) in [7, 11) is 0. The second kappa shape index (κ2) is 6.55. The summed E-state index contributed by atoms with van der Waals surface area (Å²) in [5.41, 5.74) is 3.21. The van der Waals surface area contributed by atoms with Crippen LogP contribution in [-0.4, -0.2) is 44.0 Å². The Labute approximate surface area is 158 Å². The van der Waals surface area contributed by atoms with E-state index in [1.165, 1.54) is 0 Å². The Bertz CT molecular complexity index is 955. The van der Waals surface area contributed by atoms with Crippen molar-refractivity contribution in [3.05, 3.63) is 52.1 Å². The first-order chi connectivity index (χ1) is 12.1. The van der Waals surface area contributed by atoms with E-state index in [4.69, 9.17) is 0 Å². The lowest BCUT2D eigenvalue weighted by Crippen LogP contribution is -2.38. The number of ketones is 1. The van der Waals surface area contributed by atoms with E-state index in [1.54, 1.807) is 17.3 Å². The van der Waals surface area contributed by atoms with Gasteiger partial charge in [0, 0.05) is 43.3 Å². The van der Waals surface area contributed by atoms with Crippen LogP contribution in [0.5, 0.6) is 0 Å². The zero-order chi connectivity index (χ0) is 17.4. The fraction of sp³-hybridized carbons (Fsp3) is 0.222. The molecule has 0 radical (unpaired) electrons. The second-order valence-electron chi connectivity index (χ2n) is 5.99. The average Bonchev–Trinajstić information content (AvgIpc) is 3.02. The third-order valence-corrected chi connectivity index (χ3v) is 5.19. The highest BCUT2D eigenvalue weighted by Crippen LogP contribution is 2.20. The van der Waals surface area contributed by atoms with Crippen molar-refractivity contribution < 1.29 is 9.59 Å². The van der Waals surface area contributed by atoms with E-state index in [9.17, 15) is 9.59 Å². The third kappa shape index (κ3) is 3.15. The van der Waals surface area contributed by atoms with Crippen LogP contribution in [0.3, 0.4) is 0 Å². The van der Waals surface area contributed by atoms with Crippen molar-refractivity contribution in [1.82, 2.24) is 19.3 Å². The van der Waals surface area contributed by atoms with Crippen molar-refractivity contribution in [2.75, 3.05) is 13.1 Å². The molecule has 126 valence electrons. The Morgan fingerprint density at radius 3 is 2.48 bits per heavy atom. The van der Waals surface area contributed by atoms with E-state index < -0.39 is 0 Å². The van der Waals surface area contributed by atoms with Gasteiger partial charge in [-0.25, -0.2) is 4.98 Å². The summed E-state index contributed by atoms with van der Waals surface area (Å²) < 4.78 is 3.00. The first-order valence-corrected chi connectivity index (χ1v) is 9.10. The number of amides is 1. The van der Waals surface area contributed by atoms with E-state index >= 15 is 0 Å². The topological polar surface area (TPSA) is 67.6 Å². The quantitative estimate of drug-likeness (QED) is 0.568. The first-order valence-electron chi connectivity index (χ1n) is 8.02. The Kier molecular flexibility index (Phi) is 4.24. The molecule has 2 aromatic heterocycles. The maximum atomic E-state index is 12.5. The zero-order valence-electron chi connectivity index (χ0n) is 13.4. The number of rotatable bonds is 2. The van der Waals surface area contributed by atoms with Gasteiger partial charge in [-0.1, -0.05) is 12.1 Å². The van der Waals surface area contributed by atoms with Crippen LogP contribution >= 0.6 is 22.6 Å². The van der Waals surface area contributed by atoms with E-state index in [1.807, 2.05) is 34.9 Å². The summed E-state index contributed by atoms with van der Waals surface area (Å²) in [6, 6.07) is 7.44. The molecule has 0 aliphatic carbocycles. The molecule has 1 amide bonds. The van der Waals surface area contributed by atoms with E-state index in [0.717, 1.165) is 20.6 Å². The number of carbonyl (C=O) groups excluding carboxylic acids is 2. The van der Waals surface area contributed by atoms with Gasteiger partial charge in [-0.2, -0.15) is 0 Å². The van der Waals surface area contributed by atoms with Crippen LogP contribution in [0.2, 0.25) is 0 Å². The van der Waals surface area contributed by atoms with Crippen LogP contribution in [0.25, 0.3) is 16.9 Å². The number of carbonyl (C=O) groups is 2. The van der Waals surface area contributed by atoms with Crippen LogP contribution in [-0.2, 0) is 4.79 Å². The molecular formula is C18H15IN4O2. The predicted molar refractivity (Wildman–Crippen MR) is 101 cm³/mol. The molecule has 0 bridgehead atoms. The van der Waals surface area contributed by atoms with Crippen LogP contribution in [0.4, 0.5) is 0 Å². The third-order valence-electron chi connectivity index (χ3n) is 4.39. The minimum atomic E-state index is -0.0216. The van der Waals surface area contributed by atoms with Gasteiger partial charge in [0.25, 0.3) is 5.91 Å². The van der Waals surface area contributed by atoms with Gasteiger partial charge in [0.1, 0.15) is 9.48 Å². The van der Waals surface area contributed by atoms with Gasteiger partial charge in [0.15, 0.2) is 5.65 Å². The van der Waals surface area contributed by atoms with E-state index in [0.29, 0.717) is 31.5 Å². The fourth-order valence-electron chi connectivity index (χ4n) is 2.93. The molecule has 1 aliphatic heterocycles. The number of nitrogens with zero attached hydrogens (tertiary/aromatic N) is 4. The minimum absolute atomic E-state index is 0.0216. The normalized spacial score (nSPS) is 14.9. The number of halogens is 1. The Morgan fingerprint density at radius 1 is 1.04 bits per heavy atom. The molecule has 0 N–H and O–H groups in total. The lowest BCUT2D eigenvalue weighted by Gasteiger charge is -2.26. The van der Waals surface area contributed by atoms with Gasteiger partial charge < -0.3 is 4.90 Å². The minimum Gasteiger partial charge on any atom is -0.338 e. The number of likely N-dealkylation sites (tertiary alicyclic amines) is 1. The second-order valence-corrected chi connectivity index (χ2v) is 7.10. The molecule has 0 unspecified atom stereocenters. The smallest absolute Gasteiger partial charge is 0.253 e. The molecule has 0 saturated carbocycles. The number of imidazole rings is 1. The van der Waals surface area contributed by atoms with Crippen molar-refractivity contribution in [2.24, 2.45) is 0 Å². The Balaban J connectivity index is 1.57. The number of Topliss-reactive ketones (excluding diaryl/α,β-unsaturated/α-hetero) is 1. The molecule has 3 heterocycles. The van der Waals surface area contributed by atoms with Crippen molar-refractivity contribution in [1.29, 1.82) is 0 Å². The number of hydrogen-bond acceptors (Lipinski definition) is 4. The van der Waals surface area contributed by atoms with E-state index in [-0.39, 0.29) is 11.7 Å². The highest BCUT2D eigenvalue weighted by Gasteiger charge is 2.21. The fourth-order valence-corrected chi connectivity index (χ4v) is 3.46. The molecule has 4 rings (SSSR count). The summed E-state index contributed by atoms with van der Waals surface area (Å²) in [6.07, 6.45) is 6.39. The lowest BCUT2D eigenvalue weighted by atomic mass is 10.1. The molecule has 6 nitrogen and oxygen atoms in total. The first kappa shape index (κ1) is 16.2. The van der Waals surface area contributed by atoms with Crippen LogP contribution in [0, 0.1) is 3.70 Å². The van der Waals surface area contributed by atoms with Gasteiger partial charge in [0.05, 0.1) is 18.1 Å². The molecule has 0 spiro atoms. The predicted octanol–water partition coefficient (Wildman–Crippen LogP) is 2.81. The van der Waals surface area contributed by atoms with Gasteiger partial charge in [0.2, 0.25) is 0 Å². The van der Waals surface area contributed by atoms with Crippen LogP contribution in [0.1, 0.15) is 23.2 Å². The van der Waals surface area contributed by atoms with Crippen LogP contribution in [0.15, 0.2) is 42.9 Å². The summed E-state index contributed by atoms with van der Waals surface area (Å²) in [5, 5.41) is 0. The summed E-state index contributed by atoms with van der Waals surface area (Å²) in [4.78, 5) is 34.3.